The summed E-state index contributed by atoms with van der Waals surface area (Å²) in [5.74, 6) is 0.263. The zero-order valence-electron chi connectivity index (χ0n) is 4.89. The summed E-state index contributed by atoms with van der Waals surface area (Å²) in [4.78, 5) is 0. The molecule has 0 radical (unpaired) electrons. The maximum absolute atomic E-state index is 8.00. The molecule has 0 atom stereocenters. The Labute approximate surface area is 48.4 Å². The number of nitrogens with one attached hydrogen (secondary N) is 1. The van der Waals surface area contributed by atoms with Gasteiger partial charge in [0.1, 0.15) is 5.84 Å². The molecule has 0 fully saturated rings. The summed E-state index contributed by atoms with van der Waals surface area (Å²) in [6.45, 7) is 0.746. The number of amidine groups is 1. The molecule has 0 aromatic heterocycles. The molecule has 0 spiro atoms. The molecule has 0 aliphatic heterocycles. The monoisotopic (exact) mass is 117 g/mol. The molecule has 0 amide bonds. The van der Waals surface area contributed by atoms with Gasteiger partial charge < -0.3 is 16.3 Å². The Morgan fingerprint density at radius 2 is 2.50 bits per heavy atom. The summed E-state index contributed by atoms with van der Waals surface area (Å²) in [6, 6.07) is 0. The molecule has 4 heteroatoms. The van der Waals surface area contributed by atoms with E-state index in [1.807, 2.05) is 7.05 Å². The fraction of sp³-hybridized carbons (Fsp3) is 0.750. The molecular formula is C4H11N3O. The van der Waals surface area contributed by atoms with E-state index >= 15 is 0 Å². The maximum Gasteiger partial charge on any atom is 0.140 e. The van der Waals surface area contributed by atoms with E-state index in [-0.39, 0.29) is 5.84 Å². The molecule has 4 N–H and O–H groups in total. The molecule has 0 saturated carbocycles. The SMILES string of the molecule is CNCC/C(N)=N/O. The second-order valence-electron chi connectivity index (χ2n) is 1.44. The van der Waals surface area contributed by atoms with Gasteiger partial charge in [-0.2, -0.15) is 0 Å². The van der Waals surface area contributed by atoms with Gasteiger partial charge in [-0.25, -0.2) is 0 Å². The van der Waals surface area contributed by atoms with Gasteiger partial charge in [-0.3, -0.25) is 0 Å². The number of oxime groups is 1. The fourth-order valence-electron chi connectivity index (χ4n) is 0.303. The van der Waals surface area contributed by atoms with Crippen molar-refractivity contribution >= 4 is 5.84 Å². The largest absolute Gasteiger partial charge is 0.409 e. The Kier molecular flexibility index (Phi) is 3.97. The van der Waals surface area contributed by atoms with E-state index in [1.165, 1.54) is 0 Å². The summed E-state index contributed by atoms with van der Waals surface area (Å²) >= 11 is 0. The number of nitrogens with two attached hydrogens (primary N) is 1. The van der Waals surface area contributed by atoms with Crippen LogP contribution >= 0.6 is 0 Å². The molecule has 0 bridgehead atoms. The highest BCUT2D eigenvalue weighted by atomic mass is 16.4. The molecule has 4 nitrogen and oxygen atoms in total. The Morgan fingerprint density at radius 3 is 2.88 bits per heavy atom. The summed E-state index contributed by atoms with van der Waals surface area (Å²) in [5, 5.41) is 13.6. The van der Waals surface area contributed by atoms with Crippen LogP contribution in [0.25, 0.3) is 0 Å². The Hall–Kier alpha value is -0.770. The third-order valence-electron chi connectivity index (χ3n) is 0.760. The van der Waals surface area contributed by atoms with Crippen molar-refractivity contribution in [1.82, 2.24) is 5.32 Å². The summed E-state index contributed by atoms with van der Waals surface area (Å²) in [6.07, 6.45) is 0.590. The van der Waals surface area contributed by atoms with Crippen LogP contribution in [0, 0.1) is 0 Å². The first-order chi connectivity index (χ1) is 3.81. The number of rotatable bonds is 3. The van der Waals surface area contributed by atoms with Gasteiger partial charge in [0.25, 0.3) is 0 Å². The first-order valence-electron chi connectivity index (χ1n) is 2.42. The normalized spacial score (nSPS) is 11.9. The summed E-state index contributed by atoms with van der Waals surface area (Å²) < 4.78 is 0. The zero-order valence-corrected chi connectivity index (χ0v) is 4.89. The lowest BCUT2D eigenvalue weighted by Crippen LogP contribution is -2.19. The van der Waals surface area contributed by atoms with Gasteiger partial charge in [-0.1, -0.05) is 5.16 Å². The molecular weight excluding hydrogens is 106 g/mol. The zero-order chi connectivity index (χ0) is 6.41. The third kappa shape index (κ3) is 3.42. The van der Waals surface area contributed by atoms with Crippen molar-refractivity contribution in [3.8, 4) is 0 Å². The van der Waals surface area contributed by atoms with Crippen molar-refractivity contribution in [1.29, 1.82) is 0 Å². The molecule has 0 aliphatic rings. The van der Waals surface area contributed by atoms with E-state index in [0.717, 1.165) is 6.54 Å². The molecule has 0 rings (SSSR count). The van der Waals surface area contributed by atoms with Crippen LogP contribution in [0.15, 0.2) is 5.16 Å². The first kappa shape index (κ1) is 7.23. The van der Waals surface area contributed by atoms with Crippen LogP contribution in [0.5, 0.6) is 0 Å². The lowest BCUT2D eigenvalue weighted by Gasteiger charge is -1.94. The highest BCUT2D eigenvalue weighted by molar-refractivity contribution is 5.79. The van der Waals surface area contributed by atoms with Crippen LogP contribution in [0.4, 0.5) is 0 Å². The van der Waals surface area contributed by atoms with Gasteiger partial charge in [-0.05, 0) is 7.05 Å². The first-order valence-corrected chi connectivity index (χ1v) is 2.42. The van der Waals surface area contributed by atoms with Crippen LogP contribution in [0.1, 0.15) is 6.42 Å². The van der Waals surface area contributed by atoms with Crippen molar-refractivity contribution < 1.29 is 5.21 Å². The smallest absolute Gasteiger partial charge is 0.140 e. The number of nitrogens with zero attached hydrogens (tertiary/aromatic N) is 1. The van der Waals surface area contributed by atoms with E-state index in [2.05, 4.69) is 10.5 Å². The molecule has 48 valence electrons. The second kappa shape index (κ2) is 4.39. The Morgan fingerprint density at radius 1 is 1.88 bits per heavy atom. The number of hydrogen-bond donors (Lipinski definition) is 3. The van der Waals surface area contributed by atoms with Crippen molar-refractivity contribution in [3.05, 3.63) is 0 Å². The van der Waals surface area contributed by atoms with Gasteiger partial charge in [0.15, 0.2) is 0 Å². The Bertz CT molecular complexity index is 81.4. The number of hydrogen-bond acceptors (Lipinski definition) is 3. The van der Waals surface area contributed by atoms with Crippen molar-refractivity contribution in [3.63, 3.8) is 0 Å². The minimum Gasteiger partial charge on any atom is -0.409 e. The van der Waals surface area contributed by atoms with Gasteiger partial charge >= 0.3 is 0 Å². The average molecular weight is 117 g/mol. The Balaban J connectivity index is 3.12. The molecule has 0 aliphatic carbocycles. The summed E-state index contributed by atoms with van der Waals surface area (Å²) in [7, 11) is 1.81. The minimum absolute atomic E-state index is 0.263. The molecule has 0 aromatic carbocycles. The van der Waals surface area contributed by atoms with Crippen molar-refractivity contribution in [2.45, 2.75) is 6.42 Å². The van der Waals surface area contributed by atoms with Crippen molar-refractivity contribution in [2.24, 2.45) is 10.9 Å². The maximum atomic E-state index is 8.00. The van der Waals surface area contributed by atoms with Crippen LogP contribution in [-0.4, -0.2) is 24.6 Å². The van der Waals surface area contributed by atoms with E-state index in [4.69, 9.17) is 10.9 Å². The van der Waals surface area contributed by atoms with Gasteiger partial charge in [0, 0.05) is 13.0 Å². The second-order valence-corrected chi connectivity index (χ2v) is 1.44. The minimum atomic E-state index is 0.263. The van der Waals surface area contributed by atoms with Crippen LogP contribution in [0.2, 0.25) is 0 Å². The van der Waals surface area contributed by atoms with E-state index in [9.17, 15) is 0 Å². The highest BCUT2D eigenvalue weighted by Crippen LogP contribution is 1.73. The van der Waals surface area contributed by atoms with E-state index in [0.29, 0.717) is 6.42 Å². The lowest BCUT2D eigenvalue weighted by molar-refractivity contribution is 0.317. The van der Waals surface area contributed by atoms with Crippen molar-refractivity contribution in [2.75, 3.05) is 13.6 Å². The molecule has 0 unspecified atom stereocenters. The van der Waals surface area contributed by atoms with Gasteiger partial charge in [0.2, 0.25) is 0 Å². The molecule has 0 aromatic rings. The molecule has 0 saturated heterocycles. The van der Waals surface area contributed by atoms with Gasteiger partial charge in [-0.15, -0.1) is 0 Å². The predicted octanol–water partition coefficient (Wildman–Crippen LogP) is -0.658. The molecule has 0 heterocycles. The average Bonchev–Trinajstić information content (AvgIpc) is 1.83. The topological polar surface area (TPSA) is 70.6 Å². The van der Waals surface area contributed by atoms with Crippen LogP contribution in [0.3, 0.4) is 0 Å². The van der Waals surface area contributed by atoms with Crippen LogP contribution < -0.4 is 11.1 Å². The van der Waals surface area contributed by atoms with Crippen LogP contribution in [-0.2, 0) is 0 Å². The fourth-order valence-corrected chi connectivity index (χ4v) is 0.303. The molecule has 8 heavy (non-hydrogen) atoms. The predicted molar refractivity (Wildman–Crippen MR) is 32.0 cm³/mol. The van der Waals surface area contributed by atoms with Gasteiger partial charge in [0.05, 0.1) is 0 Å². The van der Waals surface area contributed by atoms with E-state index in [1.54, 1.807) is 0 Å². The quantitative estimate of drug-likeness (QED) is 0.199. The highest BCUT2D eigenvalue weighted by Gasteiger charge is 1.87. The standard InChI is InChI=1S/C4H11N3O/c1-6-3-2-4(5)7-8/h6,8H,2-3H2,1H3,(H2,5,7). The third-order valence-corrected chi connectivity index (χ3v) is 0.760. The lowest BCUT2D eigenvalue weighted by atomic mass is 10.4. The summed E-state index contributed by atoms with van der Waals surface area (Å²) in [5.41, 5.74) is 5.12. The van der Waals surface area contributed by atoms with E-state index < -0.39 is 0 Å².